The maximum atomic E-state index is 13.0. The number of nitrogens with one attached hydrogen (secondary N) is 1. The minimum absolute atomic E-state index is 0.0251. The van der Waals surface area contributed by atoms with Crippen molar-refractivity contribution in [2.45, 2.75) is 30.5 Å². The zero-order valence-electron chi connectivity index (χ0n) is 13.3. The molecule has 0 bridgehead atoms. The molecule has 0 aromatic heterocycles. The van der Waals surface area contributed by atoms with Crippen molar-refractivity contribution in [1.29, 1.82) is 0 Å². The second-order valence-corrected chi connectivity index (χ2v) is 7.54. The molecule has 134 valence electrons. The first-order chi connectivity index (χ1) is 11.7. The van der Waals surface area contributed by atoms with Crippen molar-refractivity contribution in [2.24, 2.45) is 0 Å². The number of para-hydroxylation sites is 1. The highest BCUT2D eigenvalue weighted by Gasteiger charge is 2.34. The van der Waals surface area contributed by atoms with Gasteiger partial charge in [-0.25, -0.2) is 13.1 Å². The molecule has 8 heteroatoms. The standard InChI is InChI=1S/C17H16F3NO3S/c1-11-6-7-12(10-14(11)17(18,19)20)25(22,23)21-15-8-9-24-16-5-3-2-4-13(15)16/h2-7,10,15,21H,8-9H2,1H3. The van der Waals surface area contributed by atoms with Crippen LogP contribution in [0.5, 0.6) is 5.75 Å². The van der Waals surface area contributed by atoms with Crippen LogP contribution >= 0.6 is 0 Å². The van der Waals surface area contributed by atoms with Crippen LogP contribution in [0.2, 0.25) is 0 Å². The minimum Gasteiger partial charge on any atom is -0.493 e. The van der Waals surface area contributed by atoms with Gasteiger partial charge in [0.15, 0.2) is 0 Å². The zero-order chi connectivity index (χ0) is 18.2. The summed E-state index contributed by atoms with van der Waals surface area (Å²) in [5.41, 5.74) is -0.314. The van der Waals surface area contributed by atoms with Gasteiger partial charge in [-0.3, -0.25) is 0 Å². The fourth-order valence-electron chi connectivity index (χ4n) is 2.79. The Balaban J connectivity index is 1.94. The highest BCUT2D eigenvalue weighted by atomic mass is 32.2. The van der Waals surface area contributed by atoms with Gasteiger partial charge in [0.05, 0.1) is 23.1 Å². The van der Waals surface area contributed by atoms with Crippen LogP contribution in [0.25, 0.3) is 0 Å². The topological polar surface area (TPSA) is 55.4 Å². The lowest BCUT2D eigenvalue weighted by atomic mass is 10.0. The van der Waals surface area contributed by atoms with Crippen molar-refractivity contribution < 1.29 is 26.3 Å². The predicted molar refractivity (Wildman–Crippen MR) is 85.8 cm³/mol. The summed E-state index contributed by atoms with van der Waals surface area (Å²) in [5, 5.41) is 0. The number of sulfonamides is 1. The first-order valence-electron chi connectivity index (χ1n) is 7.60. The third kappa shape index (κ3) is 3.64. The Labute approximate surface area is 143 Å². The van der Waals surface area contributed by atoms with Gasteiger partial charge >= 0.3 is 6.18 Å². The van der Waals surface area contributed by atoms with Crippen LogP contribution in [0.15, 0.2) is 47.4 Å². The van der Waals surface area contributed by atoms with Crippen LogP contribution in [-0.4, -0.2) is 15.0 Å². The van der Waals surface area contributed by atoms with Gasteiger partial charge in [-0.2, -0.15) is 13.2 Å². The van der Waals surface area contributed by atoms with Crippen molar-refractivity contribution in [3.8, 4) is 5.75 Å². The van der Waals surface area contributed by atoms with Gasteiger partial charge in [0.1, 0.15) is 5.75 Å². The molecule has 2 aromatic rings. The van der Waals surface area contributed by atoms with E-state index in [4.69, 9.17) is 4.74 Å². The lowest BCUT2D eigenvalue weighted by Gasteiger charge is -2.26. The van der Waals surface area contributed by atoms with Crippen LogP contribution in [0.4, 0.5) is 13.2 Å². The molecule has 1 N–H and O–H groups in total. The largest absolute Gasteiger partial charge is 0.493 e. The number of aryl methyl sites for hydroxylation is 1. The van der Waals surface area contributed by atoms with E-state index in [-0.39, 0.29) is 5.56 Å². The molecule has 1 atom stereocenters. The molecule has 2 aromatic carbocycles. The Morgan fingerprint density at radius 2 is 1.88 bits per heavy atom. The molecule has 0 amide bonds. The normalized spacial score (nSPS) is 17.7. The third-order valence-electron chi connectivity index (χ3n) is 4.08. The number of hydrogen-bond donors (Lipinski definition) is 1. The van der Waals surface area contributed by atoms with Crippen molar-refractivity contribution in [3.05, 3.63) is 59.2 Å². The number of ether oxygens (including phenoxy) is 1. The zero-order valence-corrected chi connectivity index (χ0v) is 14.1. The Hall–Kier alpha value is -2.06. The Morgan fingerprint density at radius 1 is 1.16 bits per heavy atom. The van der Waals surface area contributed by atoms with E-state index in [2.05, 4.69) is 4.72 Å². The van der Waals surface area contributed by atoms with E-state index < -0.39 is 32.7 Å². The second kappa shape index (κ2) is 6.34. The third-order valence-corrected chi connectivity index (χ3v) is 5.55. The van der Waals surface area contributed by atoms with E-state index in [1.54, 1.807) is 24.3 Å². The fourth-order valence-corrected chi connectivity index (χ4v) is 4.07. The van der Waals surface area contributed by atoms with Gasteiger partial charge in [-0.15, -0.1) is 0 Å². The van der Waals surface area contributed by atoms with Crippen molar-refractivity contribution in [1.82, 2.24) is 4.72 Å². The number of fused-ring (bicyclic) bond motifs is 1. The fraction of sp³-hybridized carbons (Fsp3) is 0.294. The van der Waals surface area contributed by atoms with Crippen LogP contribution in [-0.2, 0) is 16.2 Å². The van der Waals surface area contributed by atoms with E-state index in [0.29, 0.717) is 30.4 Å². The average molecular weight is 371 g/mol. The van der Waals surface area contributed by atoms with E-state index >= 15 is 0 Å². The van der Waals surface area contributed by atoms with E-state index in [0.717, 1.165) is 6.07 Å². The molecular formula is C17H16F3NO3S. The van der Waals surface area contributed by atoms with E-state index in [1.165, 1.54) is 13.0 Å². The number of hydrogen-bond acceptors (Lipinski definition) is 3. The molecule has 0 radical (unpaired) electrons. The van der Waals surface area contributed by atoms with Crippen LogP contribution in [0.3, 0.4) is 0 Å². The predicted octanol–water partition coefficient (Wildman–Crippen LogP) is 3.82. The van der Waals surface area contributed by atoms with E-state index in [1.807, 2.05) is 0 Å². The second-order valence-electron chi connectivity index (χ2n) is 5.82. The van der Waals surface area contributed by atoms with Gasteiger partial charge < -0.3 is 4.74 Å². The summed E-state index contributed by atoms with van der Waals surface area (Å²) in [6.07, 6.45) is -4.21. The SMILES string of the molecule is Cc1ccc(S(=O)(=O)NC2CCOc3ccccc32)cc1C(F)(F)F. The molecule has 1 aliphatic heterocycles. The van der Waals surface area contributed by atoms with Crippen LogP contribution < -0.4 is 9.46 Å². The van der Waals surface area contributed by atoms with Gasteiger partial charge in [0.2, 0.25) is 10.0 Å². The average Bonchev–Trinajstić information content (AvgIpc) is 2.54. The molecule has 1 heterocycles. The molecule has 1 unspecified atom stereocenters. The minimum atomic E-state index is -4.61. The van der Waals surface area contributed by atoms with Crippen LogP contribution in [0.1, 0.15) is 29.2 Å². The van der Waals surface area contributed by atoms with Gasteiger partial charge in [-0.05, 0) is 30.7 Å². The van der Waals surface area contributed by atoms with Gasteiger partial charge in [0, 0.05) is 12.0 Å². The molecule has 0 saturated heterocycles. The molecular weight excluding hydrogens is 355 g/mol. The van der Waals surface area contributed by atoms with Gasteiger partial charge in [0.25, 0.3) is 0 Å². The summed E-state index contributed by atoms with van der Waals surface area (Å²) in [4.78, 5) is -0.408. The smallest absolute Gasteiger partial charge is 0.416 e. The number of benzene rings is 2. The Kier molecular flexibility index (Phi) is 4.51. The highest BCUT2D eigenvalue weighted by molar-refractivity contribution is 7.89. The molecule has 3 rings (SSSR count). The van der Waals surface area contributed by atoms with Gasteiger partial charge in [-0.1, -0.05) is 24.3 Å². The molecule has 1 aliphatic rings. The number of rotatable bonds is 3. The lowest BCUT2D eigenvalue weighted by Crippen LogP contribution is -2.32. The summed E-state index contributed by atoms with van der Waals surface area (Å²) in [7, 11) is -4.11. The molecule has 0 fully saturated rings. The molecule has 25 heavy (non-hydrogen) atoms. The molecule has 4 nitrogen and oxygen atoms in total. The Morgan fingerprint density at radius 3 is 2.60 bits per heavy atom. The van der Waals surface area contributed by atoms with E-state index in [9.17, 15) is 21.6 Å². The highest BCUT2D eigenvalue weighted by Crippen LogP contribution is 2.35. The summed E-state index contributed by atoms with van der Waals surface area (Å²) in [6, 6.07) is 9.44. The monoisotopic (exact) mass is 371 g/mol. The Bertz CT molecular complexity index is 894. The van der Waals surface area contributed by atoms with Crippen molar-refractivity contribution >= 4 is 10.0 Å². The first kappa shape index (κ1) is 17.8. The van der Waals surface area contributed by atoms with Crippen molar-refractivity contribution in [3.63, 3.8) is 0 Å². The summed E-state index contributed by atoms with van der Waals surface area (Å²) in [6.45, 7) is 1.62. The summed E-state index contributed by atoms with van der Waals surface area (Å²) < 4.78 is 72.2. The maximum absolute atomic E-state index is 13.0. The molecule has 0 aliphatic carbocycles. The van der Waals surface area contributed by atoms with Crippen molar-refractivity contribution in [2.75, 3.05) is 6.61 Å². The van der Waals surface area contributed by atoms with Crippen LogP contribution in [0, 0.1) is 6.92 Å². The quantitative estimate of drug-likeness (QED) is 0.893. The first-order valence-corrected chi connectivity index (χ1v) is 9.09. The summed E-state index contributed by atoms with van der Waals surface area (Å²) in [5.74, 6) is 0.571. The molecule has 0 saturated carbocycles. The molecule has 0 spiro atoms. The number of halogens is 3. The number of alkyl halides is 3. The lowest BCUT2D eigenvalue weighted by molar-refractivity contribution is -0.138. The maximum Gasteiger partial charge on any atom is 0.416 e. The summed E-state index contributed by atoms with van der Waals surface area (Å²) >= 11 is 0.